The van der Waals surface area contributed by atoms with Gasteiger partial charge in [-0.05, 0) is 86.4 Å². The van der Waals surface area contributed by atoms with Gasteiger partial charge < -0.3 is 0 Å². The molecule has 0 nitrogen and oxygen atoms in total. The van der Waals surface area contributed by atoms with Crippen molar-refractivity contribution in [3.05, 3.63) is 301 Å². The zero-order chi connectivity index (χ0) is 41.9. The van der Waals surface area contributed by atoms with E-state index >= 15 is 0 Å². The summed E-state index contributed by atoms with van der Waals surface area (Å²) in [5, 5.41) is 0. The number of hydrogen-bond donors (Lipinski definition) is 0. The van der Waals surface area contributed by atoms with Crippen molar-refractivity contribution in [3.8, 4) is 0 Å². The van der Waals surface area contributed by atoms with Crippen LogP contribution in [0, 0.1) is 27.7 Å². The van der Waals surface area contributed by atoms with Gasteiger partial charge in [-0.2, -0.15) is 0 Å². The van der Waals surface area contributed by atoms with Crippen LogP contribution in [0.1, 0.15) is 87.7 Å². The van der Waals surface area contributed by atoms with E-state index in [-0.39, 0.29) is 23.7 Å². The van der Waals surface area contributed by atoms with Gasteiger partial charge in [0.2, 0.25) is 0 Å². The number of allylic oxidation sites excluding steroid dienone is 12. The first-order chi connectivity index (χ1) is 30.4. The molecule has 296 valence electrons. The Labute approximate surface area is 373 Å². The van der Waals surface area contributed by atoms with Gasteiger partial charge in [-0.1, -0.05) is 156 Å². The van der Waals surface area contributed by atoms with E-state index in [1.165, 1.54) is 97.5 Å². The third-order valence-electron chi connectivity index (χ3n) is 12.8. The van der Waals surface area contributed by atoms with Gasteiger partial charge in [0, 0.05) is 64.1 Å². The average Bonchev–Trinajstić information content (AvgIpc) is 4.02. The van der Waals surface area contributed by atoms with Crippen molar-refractivity contribution in [3.63, 3.8) is 0 Å². The Bertz CT molecular complexity index is 3000. The van der Waals surface area contributed by atoms with Crippen molar-refractivity contribution in [2.45, 2.75) is 51.4 Å². The summed E-state index contributed by atoms with van der Waals surface area (Å²) in [7, 11) is 0. The molecule has 0 fully saturated rings. The molecule has 0 N–H and O–H groups in total. The van der Waals surface area contributed by atoms with E-state index in [1.807, 2.05) is 22.7 Å². The summed E-state index contributed by atoms with van der Waals surface area (Å²) >= 11 is 3.84. The molecule has 11 rings (SSSR count). The Morgan fingerprint density at radius 3 is 0.935 bits per heavy atom. The molecule has 4 aromatic carbocycles. The van der Waals surface area contributed by atoms with E-state index in [0.717, 1.165) is 11.1 Å². The largest absolute Gasteiger partial charge is 0.143 e. The number of rotatable bonds is 4. The van der Waals surface area contributed by atoms with Gasteiger partial charge in [-0.15, -0.1) is 45.6 Å². The molecule has 2 aromatic heterocycles. The van der Waals surface area contributed by atoms with Crippen molar-refractivity contribution in [1.82, 2.24) is 0 Å². The molecule has 0 unspecified atom stereocenters. The molecule has 3 heterocycles. The van der Waals surface area contributed by atoms with Crippen LogP contribution in [0.25, 0.3) is 0 Å². The molecule has 0 saturated heterocycles. The Morgan fingerprint density at radius 2 is 0.629 bits per heavy atom. The van der Waals surface area contributed by atoms with Gasteiger partial charge in [-0.25, -0.2) is 0 Å². The van der Waals surface area contributed by atoms with E-state index in [1.54, 1.807) is 0 Å². The maximum Gasteiger partial charge on any atom is 0.0519 e. The highest BCUT2D eigenvalue weighted by atomic mass is 32.1. The molecular weight excluding hydrogens is 785 g/mol. The molecule has 5 aliphatic rings. The van der Waals surface area contributed by atoms with Gasteiger partial charge in [-0.3, -0.25) is 0 Å². The second kappa shape index (κ2) is 15.7. The van der Waals surface area contributed by atoms with Crippen LogP contribution < -0.4 is 0 Å². The normalized spacial score (nSPS) is 20.7. The lowest BCUT2D eigenvalue weighted by atomic mass is 9.82. The number of thiophene rings is 2. The van der Waals surface area contributed by atoms with E-state index < -0.39 is 0 Å². The van der Waals surface area contributed by atoms with Crippen LogP contribution in [0.3, 0.4) is 0 Å². The summed E-state index contributed by atoms with van der Waals surface area (Å²) in [6.45, 7) is 8.69. The second-order valence-electron chi connectivity index (χ2n) is 17.1. The summed E-state index contributed by atoms with van der Waals surface area (Å²) in [6.07, 6.45) is 17.3. The Kier molecular flexibility index (Phi) is 9.66. The lowest BCUT2D eigenvalue weighted by Gasteiger charge is -2.22. The number of aryl methyl sites for hydroxylation is 4. The average molecular weight is 829 g/mol. The zero-order valence-corrected chi connectivity index (χ0v) is 36.9. The highest BCUT2D eigenvalue weighted by Crippen LogP contribution is 2.55. The van der Waals surface area contributed by atoms with Crippen LogP contribution in [0.4, 0.5) is 0 Å². The van der Waals surface area contributed by atoms with Crippen LogP contribution in [0.5, 0.6) is 0 Å². The van der Waals surface area contributed by atoms with Crippen LogP contribution in [0.2, 0.25) is 0 Å². The second-order valence-corrected chi connectivity index (χ2v) is 19.4. The molecular formula is C60H44S2. The summed E-state index contributed by atoms with van der Waals surface area (Å²) in [5.74, 6) is -0.198. The van der Waals surface area contributed by atoms with E-state index in [9.17, 15) is 0 Å². The number of benzene rings is 4. The van der Waals surface area contributed by atoms with Gasteiger partial charge in [0.1, 0.15) is 0 Å². The van der Waals surface area contributed by atoms with Crippen molar-refractivity contribution >= 4 is 22.7 Å². The molecule has 0 saturated carbocycles. The number of hydrogen-bond acceptors (Lipinski definition) is 2. The maximum atomic E-state index is 4.21. The van der Waals surface area contributed by atoms with Crippen LogP contribution in [-0.4, -0.2) is 0 Å². The van der Waals surface area contributed by atoms with Crippen molar-refractivity contribution < 1.29 is 0 Å². The SMILES string of the molecule is Cc1ccc([C@H]2C3=C=C(C4=CC=CC=C=C34)[C@@H](c3ccc(C)cc3)c3ccc(s3)[C@@H](c3ccc(C)cc3)C3=C=C(C4=CC=CC=C=C34)[C@@H](c3ccc(C)cc3)c3ccc2s3)cc1. The minimum absolute atomic E-state index is 0.0447. The molecule has 0 radical (unpaired) electrons. The summed E-state index contributed by atoms with van der Waals surface area (Å²) in [5.41, 5.74) is 35.4. The highest BCUT2D eigenvalue weighted by Gasteiger charge is 2.39. The first-order valence-corrected chi connectivity index (χ1v) is 23.2. The Balaban J connectivity index is 1.26. The fourth-order valence-corrected chi connectivity index (χ4v) is 12.2. The molecule has 0 spiro atoms. The smallest absolute Gasteiger partial charge is 0.0519 e. The van der Waals surface area contributed by atoms with E-state index in [0.29, 0.717) is 0 Å². The minimum atomic E-state index is -0.0543. The van der Waals surface area contributed by atoms with E-state index in [4.69, 9.17) is 0 Å². The quantitative estimate of drug-likeness (QED) is 0.155. The van der Waals surface area contributed by atoms with Gasteiger partial charge in [0.05, 0.1) is 23.7 Å². The summed E-state index contributed by atoms with van der Waals surface area (Å²) in [6, 6.07) is 46.1. The molecule has 4 aliphatic carbocycles. The Morgan fingerprint density at radius 1 is 0.339 bits per heavy atom. The zero-order valence-electron chi connectivity index (χ0n) is 35.3. The molecule has 0 amide bonds. The molecule has 4 atom stereocenters. The Hall–Kier alpha value is -6.68. The fourth-order valence-electron chi connectivity index (χ4n) is 9.62. The van der Waals surface area contributed by atoms with Crippen molar-refractivity contribution in [2.24, 2.45) is 0 Å². The summed E-state index contributed by atoms with van der Waals surface area (Å²) in [4.78, 5) is 5.17. The molecule has 8 bridgehead atoms. The predicted molar refractivity (Wildman–Crippen MR) is 259 cm³/mol. The van der Waals surface area contributed by atoms with Crippen LogP contribution in [0.15, 0.2) is 237 Å². The van der Waals surface area contributed by atoms with Gasteiger partial charge >= 0.3 is 0 Å². The maximum absolute atomic E-state index is 4.21. The van der Waals surface area contributed by atoms with Crippen molar-refractivity contribution in [1.29, 1.82) is 0 Å². The van der Waals surface area contributed by atoms with Crippen LogP contribution in [-0.2, 0) is 0 Å². The minimum Gasteiger partial charge on any atom is -0.143 e. The number of fused-ring (bicyclic) bond motifs is 10. The summed E-state index contributed by atoms with van der Waals surface area (Å²) < 4.78 is 0. The highest BCUT2D eigenvalue weighted by molar-refractivity contribution is 7.12. The molecule has 2 heteroatoms. The predicted octanol–water partition coefficient (Wildman–Crippen LogP) is 15.4. The first-order valence-electron chi connectivity index (χ1n) is 21.5. The van der Waals surface area contributed by atoms with E-state index in [2.05, 4.69) is 221 Å². The monoisotopic (exact) mass is 828 g/mol. The topological polar surface area (TPSA) is 0 Å². The van der Waals surface area contributed by atoms with Crippen LogP contribution >= 0.6 is 22.7 Å². The fraction of sp³-hybridized carbons (Fsp3) is 0.133. The standard InChI is InChI=1S/C60H44S2/c1-37-15-23-41(24-16-37)57-49-35-50(46-12-8-5-7-11-45(46)49)58(42-25-17-38(2)18-26-42)55-33-34-56(62-55)60(44-29-21-40(4)22-30-44)52-36-51(47-13-9-6-10-14-48(47)52)59(54-32-31-53(57)61-54)43-27-19-39(3)20-28-43/h5-11,14-34,57-60H,1-4H3/t57-,58+,59+,60-/m1/s1. The molecule has 62 heavy (non-hydrogen) atoms. The molecule has 6 aromatic rings. The van der Waals surface area contributed by atoms with Crippen molar-refractivity contribution in [2.75, 3.05) is 0 Å². The first kappa shape index (κ1) is 38.3. The lowest BCUT2D eigenvalue weighted by molar-refractivity contribution is 0.989. The lowest BCUT2D eigenvalue weighted by Crippen LogP contribution is -2.07. The molecule has 1 aliphatic heterocycles. The third-order valence-corrected chi connectivity index (χ3v) is 15.3. The van der Waals surface area contributed by atoms with Gasteiger partial charge in [0.25, 0.3) is 0 Å². The van der Waals surface area contributed by atoms with Gasteiger partial charge in [0.15, 0.2) is 0 Å². The third kappa shape index (κ3) is 6.73.